The minimum absolute atomic E-state index is 0.112. The van der Waals surface area contributed by atoms with Gasteiger partial charge in [-0.2, -0.15) is 0 Å². The Balaban J connectivity index is 2.27. The number of pyridine rings is 1. The summed E-state index contributed by atoms with van der Waals surface area (Å²) in [6, 6.07) is 0. The third-order valence-electron chi connectivity index (χ3n) is 2.95. The van der Waals surface area contributed by atoms with Crippen molar-refractivity contribution < 1.29 is 14.3 Å². The van der Waals surface area contributed by atoms with E-state index in [2.05, 4.69) is 9.72 Å². The predicted octanol–water partition coefficient (Wildman–Crippen LogP) is -0.228. The first-order valence-corrected chi connectivity index (χ1v) is 5.41. The molecule has 1 aromatic rings. The Morgan fingerprint density at radius 2 is 2.22 bits per heavy atom. The molecule has 96 valence electrons. The maximum Gasteiger partial charge on any atom is 0.311 e. The summed E-state index contributed by atoms with van der Waals surface area (Å²) in [5.41, 5.74) is 12.5. The van der Waals surface area contributed by atoms with E-state index in [1.807, 2.05) is 0 Å². The van der Waals surface area contributed by atoms with Gasteiger partial charge in [0.1, 0.15) is 0 Å². The summed E-state index contributed by atoms with van der Waals surface area (Å²) in [7, 11) is 1.30. The highest BCUT2D eigenvalue weighted by atomic mass is 16.5. The standard InChI is InChI=1S/C11H14N4O3/c1-18-11(17)6-2-9(16)15(5-6)8-4-14-3-7(12)10(8)13/h3-4,6H,2,5,12H2,1H3,(H2,13,14). The number of aromatic nitrogens is 1. The molecule has 0 aliphatic carbocycles. The Morgan fingerprint density at radius 1 is 1.50 bits per heavy atom. The van der Waals surface area contributed by atoms with Crippen molar-refractivity contribution in [3.8, 4) is 0 Å². The van der Waals surface area contributed by atoms with Crippen molar-refractivity contribution in [2.45, 2.75) is 6.42 Å². The molecule has 4 N–H and O–H groups in total. The van der Waals surface area contributed by atoms with Gasteiger partial charge in [0.25, 0.3) is 0 Å². The highest BCUT2D eigenvalue weighted by molar-refractivity contribution is 6.02. The van der Waals surface area contributed by atoms with Crippen molar-refractivity contribution in [1.82, 2.24) is 4.98 Å². The fourth-order valence-corrected chi connectivity index (χ4v) is 1.96. The third kappa shape index (κ3) is 1.94. The largest absolute Gasteiger partial charge is 0.469 e. The lowest BCUT2D eigenvalue weighted by Gasteiger charge is -2.18. The molecule has 1 atom stereocenters. The minimum atomic E-state index is -0.469. The quantitative estimate of drug-likeness (QED) is 0.701. The summed E-state index contributed by atoms with van der Waals surface area (Å²) in [5.74, 6) is -1.06. The fraction of sp³-hybridized carbons (Fsp3) is 0.364. The van der Waals surface area contributed by atoms with Gasteiger partial charge in [-0.25, -0.2) is 0 Å². The normalized spacial score (nSPS) is 19.1. The molecule has 1 amide bonds. The van der Waals surface area contributed by atoms with Crippen LogP contribution in [-0.4, -0.2) is 30.5 Å². The first-order valence-electron chi connectivity index (χ1n) is 5.41. The van der Waals surface area contributed by atoms with E-state index in [-0.39, 0.29) is 18.9 Å². The molecule has 7 nitrogen and oxygen atoms in total. The van der Waals surface area contributed by atoms with E-state index in [4.69, 9.17) is 11.5 Å². The summed E-state index contributed by atoms with van der Waals surface area (Å²) >= 11 is 0. The molecule has 0 spiro atoms. The molecule has 7 heteroatoms. The van der Waals surface area contributed by atoms with Gasteiger partial charge in [-0.15, -0.1) is 0 Å². The van der Waals surface area contributed by atoms with E-state index in [9.17, 15) is 9.59 Å². The SMILES string of the molecule is COC(=O)C1CC(=O)N(c2cncc(N)c2N)C1. The van der Waals surface area contributed by atoms with Gasteiger partial charge in [-0.05, 0) is 0 Å². The summed E-state index contributed by atoms with van der Waals surface area (Å²) in [6.07, 6.45) is 2.99. The Hall–Kier alpha value is -2.31. The number of amides is 1. The van der Waals surface area contributed by atoms with E-state index in [1.54, 1.807) is 0 Å². The number of carbonyl (C=O) groups is 2. The molecule has 0 aromatic carbocycles. The molecule has 0 radical (unpaired) electrons. The highest BCUT2D eigenvalue weighted by Gasteiger charge is 2.36. The second kappa shape index (κ2) is 4.52. The van der Waals surface area contributed by atoms with Crippen molar-refractivity contribution >= 4 is 28.9 Å². The van der Waals surface area contributed by atoms with Gasteiger partial charge in [-0.1, -0.05) is 0 Å². The Kier molecular flexibility index (Phi) is 3.05. The van der Waals surface area contributed by atoms with Crippen molar-refractivity contribution in [3.63, 3.8) is 0 Å². The zero-order valence-electron chi connectivity index (χ0n) is 9.92. The summed E-state index contributed by atoms with van der Waals surface area (Å²) in [4.78, 5) is 28.6. The Bertz CT molecular complexity index is 503. The van der Waals surface area contributed by atoms with Crippen LogP contribution < -0.4 is 16.4 Å². The van der Waals surface area contributed by atoms with Gasteiger partial charge in [0.2, 0.25) is 5.91 Å². The third-order valence-corrected chi connectivity index (χ3v) is 2.95. The number of carbonyl (C=O) groups excluding carboxylic acids is 2. The molecule has 1 aliphatic rings. The molecular formula is C11H14N4O3. The molecule has 2 heterocycles. The molecule has 0 saturated carbocycles. The lowest BCUT2D eigenvalue weighted by molar-refractivity contribution is -0.145. The van der Waals surface area contributed by atoms with Gasteiger partial charge < -0.3 is 21.1 Å². The predicted molar refractivity (Wildman–Crippen MR) is 65.5 cm³/mol. The molecule has 0 bridgehead atoms. The monoisotopic (exact) mass is 250 g/mol. The Morgan fingerprint density at radius 3 is 2.89 bits per heavy atom. The minimum Gasteiger partial charge on any atom is -0.469 e. The smallest absolute Gasteiger partial charge is 0.311 e. The first-order chi connectivity index (χ1) is 8.54. The number of methoxy groups -OCH3 is 1. The van der Waals surface area contributed by atoms with Crippen LogP contribution in [0.1, 0.15) is 6.42 Å². The Labute approximate surface area is 104 Å². The van der Waals surface area contributed by atoms with Crippen LogP contribution in [0, 0.1) is 5.92 Å². The van der Waals surface area contributed by atoms with Crippen molar-refractivity contribution in [2.24, 2.45) is 5.92 Å². The molecular weight excluding hydrogens is 236 g/mol. The van der Waals surface area contributed by atoms with Gasteiger partial charge in [0.05, 0.1) is 42.5 Å². The number of ether oxygens (including phenoxy) is 1. The van der Waals surface area contributed by atoms with Gasteiger partial charge in [-0.3, -0.25) is 14.6 Å². The number of hydrogen-bond acceptors (Lipinski definition) is 6. The molecule has 1 aromatic heterocycles. The van der Waals surface area contributed by atoms with Gasteiger partial charge in [0, 0.05) is 13.0 Å². The van der Waals surface area contributed by atoms with E-state index < -0.39 is 11.9 Å². The second-order valence-electron chi connectivity index (χ2n) is 4.09. The number of esters is 1. The number of hydrogen-bond donors (Lipinski definition) is 2. The maximum atomic E-state index is 11.9. The van der Waals surface area contributed by atoms with E-state index in [0.29, 0.717) is 17.1 Å². The lowest BCUT2D eigenvalue weighted by Crippen LogP contribution is -2.27. The second-order valence-corrected chi connectivity index (χ2v) is 4.09. The summed E-state index contributed by atoms with van der Waals surface area (Å²) in [6.45, 7) is 0.237. The van der Waals surface area contributed by atoms with E-state index in [0.717, 1.165) is 0 Å². The topological polar surface area (TPSA) is 112 Å². The van der Waals surface area contributed by atoms with Crippen molar-refractivity contribution in [2.75, 3.05) is 30.0 Å². The molecule has 1 unspecified atom stereocenters. The molecule has 1 saturated heterocycles. The molecule has 2 rings (SSSR count). The van der Waals surface area contributed by atoms with Crippen LogP contribution in [0.15, 0.2) is 12.4 Å². The summed E-state index contributed by atoms with van der Waals surface area (Å²) in [5, 5.41) is 0. The van der Waals surface area contributed by atoms with Gasteiger partial charge in [0.15, 0.2) is 0 Å². The first kappa shape index (κ1) is 12.2. The van der Waals surface area contributed by atoms with Crippen LogP contribution in [-0.2, 0) is 14.3 Å². The van der Waals surface area contributed by atoms with Crippen molar-refractivity contribution in [1.29, 1.82) is 0 Å². The zero-order valence-corrected chi connectivity index (χ0v) is 9.92. The van der Waals surface area contributed by atoms with E-state index in [1.165, 1.54) is 24.4 Å². The molecule has 1 fully saturated rings. The molecule has 1 aliphatic heterocycles. The summed E-state index contributed by atoms with van der Waals surface area (Å²) < 4.78 is 4.63. The van der Waals surface area contributed by atoms with Gasteiger partial charge >= 0.3 is 5.97 Å². The number of rotatable bonds is 2. The average Bonchev–Trinajstić information content (AvgIpc) is 2.74. The highest BCUT2D eigenvalue weighted by Crippen LogP contribution is 2.32. The molecule has 18 heavy (non-hydrogen) atoms. The van der Waals surface area contributed by atoms with Crippen molar-refractivity contribution in [3.05, 3.63) is 12.4 Å². The average molecular weight is 250 g/mol. The van der Waals surface area contributed by atoms with Crippen LogP contribution in [0.5, 0.6) is 0 Å². The zero-order chi connectivity index (χ0) is 13.3. The van der Waals surface area contributed by atoms with Crippen LogP contribution in [0.4, 0.5) is 17.1 Å². The van der Waals surface area contributed by atoms with E-state index >= 15 is 0 Å². The van der Waals surface area contributed by atoms with Crippen LogP contribution in [0.25, 0.3) is 0 Å². The fourth-order valence-electron chi connectivity index (χ4n) is 1.96. The maximum absolute atomic E-state index is 11.9. The number of nitrogens with two attached hydrogens (primary N) is 2. The lowest BCUT2D eigenvalue weighted by atomic mass is 10.1. The van der Waals surface area contributed by atoms with Crippen LogP contribution in [0.3, 0.4) is 0 Å². The number of nitrogen functional groups attached to an aromatic ring is 2. The van der Waals surface area contributed by atoms with Crippen LogP contribution in [0.2, 0.25) is 0 Å². The number of anilines is 3. The van der Waals surface area contributed by atoms with Crippen LogP contribution >= 0.6 is 0 Å². The number of nitrogens with zero attached hydrogens (tertiary/aromatic N) is 2.